The van der Waals surface area contributed by atoms with Crippen molar-refractivity contribution in [2.24, 2.45) is 0 Å². The topological polar surface area (TPSA) is 105 Å². The molecule has 0 fully saturated rings. The van der Waals surface area contributed by atoms with Gasteiger partial charge in [0.1, 0.15) is 24.2 Å². The molecule has 0 aliphatic rings. The summed E-state index contributed by atoms with van der Waals surface area (Å²) in [5.74, 6) is 0.971. The number of H-pyrrole nitrogens is 1. The van der Waals surface area contributed by atoms with E-state index in [9.17, 15) is 4.79 Å². The van der Waals surface area contributed by atoms with Gasteiger partial charge in [-0.05, 0) is 44.2 Å². The Morgan fingerprint density at radius 3 is 2.71 bits per heavy atom. The van der Waals surface area contributed by atoms with Crippen molar-refractivity contribution in [2.75, 3.05) is 19.0 Å². The summed E-state index contributed by atoms with van der Waals surface area (Å²) in [7, 11) is 1.51. The van der Waals surface area contributed by atoms with Gasteiger partial charge >= 0.3 is 0 Å². The van der Waals surface area contributed by atoms with E-state index in [0.29, 0.717) is 52.9 Å². The summed E-state index contributed by atoms with van der Waals surface area (Å²) in [4.78, 5) is 15.6. The Hall–Kier alpha value is -3.96. The number of anilines is 1. The smallest absolute Gasteiger partial charge is 0.253 e. The van der Waals surface area contributed by atoms with Crippen LogP contribution in [0.5, 0.6) is 11.5 Å². The molecular weight excluding hydrogens is 454 g/mol. The molecule has 0 saturated carbocycles. The maximum absolute atomic E-state index is 12.7. The second kappa shape index (κ2) is 9.89. The van der Waals surface area contributed by atoms with Crippen molar-refractivity contribution in [3.8, 4) is 17.6 Å². The summed E-state index contributed by atoms with van der Waals surface area (Å²) in [6.07, 6.45) is 0. The van der Waals surface area contributed by atoms with E-state index in [0.717, 1.165) is 22.5 Å². The number of hydrogen-bond acceptors (Lipinski definition) is 6. The second-order valence-corrected chi connectivity index (χ2v) is 8.28. The SMILES string of the molecule is COc1cc(NCc2cc3cc(Cl)c(OCCn4nc(C)cc4C)cc3[nH]c2=O)ccc1C#N. The van der Waals surface area contributed by atoms with E-state index >= 15 is 0 Å². The minimum atomic E-state index is -0.212. The summed E-state index contributed by atoms with van der Waals surface area (Å²) in [5.41, 5.74) is 4.18. The van der Waals surface area contributed by atoms with Crippen LogP contribution in [0.15, 0.2) is 47.3 Å². The molecule has 4 aromatic rings. The van der Waals surface area contributed by atoms with Crippen LogP contribution in [0.3, 0.4) is 0 Å². The van der Waals surface area contributed by atoms with Crippen molar-refractivity contribution in [1.29, 1.82) is 5.26 Å². The minimum Gasteiger partial charge on any atom is -0.495 e. The highest BCUT2D eigenvalue weighted by molar-refractivity contribution is 6.32. The fourth-order valence-electron chi connectivity index (χ4n) is 3.73. The number of methoxy groups -OCH3 is 1. The van der Waals surface area contributed by atoms with Crippen molar-refractivity contribution in [1.82, 2.24) is 14.8 Å². The first-order valence-electron chi connectivity index (χ1n) is 10.7. The van der Waals surface area contributed by atoms with Crippen LogP contribution >= 0.6 is 11.6 Å². The fraction of sp³-hybridized carbons (Fsp3) is 0.240. The number of aryl methyl sites for hydroxylation is 2. The van der Waals surface area contributed by atoms with E-state index in [-0.39, 0.29) is 5.56 Å². The average Bonchev–Trinajstić information content (AvgIpc) is 3.14. The molecule has 174 valence electrons. The van der Waals surface area contributed by atoms with Gasteiger partial charge in [-0.3, -0.25) is 9.48 Å². The molecule has 34 heavy (non-hydrogen) atoms. The number of rotatable bonds is 8. The van der Waals surface area contributed by atoms with Gasteiger partial charge in [0.25, 0.3) is 5.56 Å². The lowest BCUT2D eigenvalue weighted by atomic mass is 10.1. The number of ether oxygens (including phenoxy) is 2. The van der Waals surface area contributed by atoms with Crippen molar-refractivity contribution >= 4 is 28.2 Å². The molecule has 0 aliphatic carbocycles. The number of aromatic amines is 1. The van der Waals surface area contributed by atoms with E-state index in [2.05, 4.69) is 21.5 Å². The number of nitriles is 1. The minimum absolute atomic E-state index is 0.212. The second-order valence-electron chi connectivity index (χ2n) is 7.87. The van der Waals surface area contributed by atoms with Gasteiger partial charge in [-0.2, -0.15) is 10.4 Å². The van der Waals surface area contributed by atoms with E-state index in [1.165, 1.54) is 7.11 Å². The summed E-state index contributed by atoms with van der Waals surface area (Å²) in [6.45, 7) is 5.23. The summed E-state index contributed by atoms with van der Waals surface area (Å²) < 4.78 is 13.0. The van der Waals surface area contributed by atoms with Crippen LogP contribution < -0.4 is 20.3 Å². The molecule has 0 bridgehead atoms. The lowest BCUT2D eigenvalue weighted by Gasteiger charge is -2.12. The molecule has 8 nitrogen and oxygen atoms in total. The van der Waals surface area contributed by atoms with Gasteiger partial charge in [-0.25, -0.2) is 0 Å². The van der Waals surface area contributed by atoms with Crippen LogP contribution in [0, 0.1) is 25.2 Å². The first-order valence-corrected chi connectivity index (χ1v) is 11.1. The van der Waals surface area contributed by atoms with Gasteiger partial charge in [-0.1, -0.05) is 11.6 Å². The van der Waals surface area contributed by atoms with Crippen LogP contribution in [0.2, 0.25) is 5.02 Å². The Labute approximate surface area is 201 Å². The number of aromatic nitrogens is 3. The van der Waals surface area contributed by atoms with E-state index < -0.39 is 0 Å². The molecule has 0 aliphatic heterocycles. The summed E-state index contributed by atoms with van der Waals surface area (Å²) >= 11 is 6.45. The van der Waals surface area contributed by atoms with Crippen molar-refractivity contribution in [3.05, 3.63) is 80.4 Å². The third kappa shape index (κ3) is 5.00. The molecule has 0 unspecified atom stereocenters. The Bertz CT molecular complexity index is 1450. The normalized spacial score (nSPS) is 10.8. The lowest BCUT2D eigenvalue weighted by Crippen LogP contribution is -2.16. The Morgan fingerprint density at radius 1 is 1.18 bits per heavy atom. The zero-order valence-electron chi connectivity index (χ0n) is 19.1. The van der Waals surface area contributed by atoms with Gasteiger partial charge in [0.2, 0.25) is 0 Å². The summed E-state index contributed by atoms with van der Waals surface area (Å²) in [5, 5.41) is 18.0. The maximum Gasteiger partial charge on any atom is 0.253 e. The van der Waals surface area contributed by atoms with Crippen LogP contribution in [-0.4, -0.2) is 28.5 Å². The fourth-order valence-corrected chi connectivity index (χ4v) is 3.96. The predicted octanol–water partition coefficient (Wildman–Crippen LogP) is 4.57. The standard InChI is InChI=1S/C25H24ClN5O3/c1-15-8-16(2)31(30-15)6-7-34-24-12-22-18(10-21(24)26)9-19(25(32)29-22)14-28-20-5-4-17(13-27)23(11-20)33-3/h4-5,8-12,28H,6-7,14H2,1-3H3,(H,29,32). The highest BCUT2D eigenvalue weighted by Crippen LogP contribution is 2.29. The van der Waals surface area contributed by atoms with Crippen molar-refractivity contribution in [3.63, 3.8) is 0 Å². The molecule has 0 saturated heterocycles. The molecule has 2 heterocycles. The number of halogens is 1. The molecule has 2 aromatic heterocycles. The molecule has 4 rings (SSSR count). The highest BCUT2D eigenvalue weighted by atomic mass is 35.5. The maximum atomic E-state index is 12.7. The molecule has 0 spiro atoms. The van der Waals surface area contributed by atoms with Crippen LogP contribution in [0.4, 0.5) is 5.69 Å². The molecule has 9 heteroatoms. The quantitative estimate of drug-likeness (QED) is 0.385. The van der Waals surface area contributed by atoms with Crippen LogP contribution in [0.25, 0.3) is 10.9 Å². The van der Waals surface area contributed by atoms with E-state index in [1.807, 2.05) is 24.6 Å². The average molecular weight is 478 g/mol. The first kappa shape index (κ1) is 23.2. The monoisotopic (exact) mass is 477 g/mol. The summed E-state index contributed by atoms with van der Waals surface area (Å²) in [6, 6.07) is 14.6. The van der Waals surface area contributed by atoms with Crippen molar-refractivity contribution in [2.45, 2.75) is 26.9 Å². The van der Waals surface area contributed by atoms with Gasteiger partial charge < -0.3 is 19.8 Å². The van der Waals surface area contributed by atoms with Crippen molar-refractivity contribution < 1.29 is 9.47 Å². The number of nitrogens with one attached hydrogen (secondary N) is 2. The number of benzene rings is 2. The van der Waals surface area contributed by atoms with E-state index in [4.69, 9.17) is 26.3 Å². The Balaban J connectivity index is 1.48. The molecule has 2 aromatic carbocycles. The molecule has 0 amide bonds. The third-order valence-electron chi connectivity index (χ3n) is 5.44. The zero-order valence-corrected chi connectivity index (χ0v) is 19.9. The highest BCUT2D eigenvalue weighted by Gasteiger charge is 2.10. The number of hydrogen-bond donors (Lipinski definition) is 2. The first-order chi connectivity index (χ1) is 16.4. The zero-order chi connectivity index (χ0) is 24.2. The molecule has 0 atom stereocenters. The third-order valence-corrected chi connectivity index (χ3v) is 5.74. The number of pyridine rings is 1. The lowest BCUT2D eigenvalue weighted by molar-refractivity contribution is 0.290. The van der Waals surface area contributed by atoms with Gasteiger partial charge in [0.15, 0.2) is 0 Å². The molecule has 0 radical (unpaired) electrons. The van der Waals surface area contributed by atoms with Gasteiger partial charge in [0, 0.05) is 41.0 Å². The van der Waals surface area contributed by atoms with Crippen LogP contribution in [0.1, 0.15) is 22.5 Å². The van der Waals surface area contributed by atoms with Crippen LogP contribution in [-0.2, 0) is 13.1 Å². The molecular formula is C25H24ClN5O3. The number of nitrogens with zero attached hydrogens (tertiary/aromatic N) is 3. The number of fused-ring (bicyclic) bond motifs is 1. The largest absolute Gasteiger partial charge is 0.495 e. The Morgan fingerprint density at radius 2 is 2.00 bits per heavy atom. The van der Waals surface area contributed by atoms with Gasteiger partial charge in [-0.15, -0.1) is 0 Å². The molecule has 2 N–H and O–H groups in total. The van der Waals surface area contributed by atoms with Gasteiger partial charge in [0.05, 0.1) is 35.5 Å². The van der Waals surface area contributed by atoms with E-state index in [1.54, 1.807) is 36.4 Å². The Kier molecular flexibility index (Phi) is 6.75. The predicted molar refractivity (Wildman–Crippen MR) is 132 cm³/mol.